The summed E-state index contributed by atoms with van der Waals surface area (Å²) in [5, 5.41) is 1.09. The number of hydrogen-bond donors (Lipinski definition) is 0. The molecule has 0 bridgehead atoms. The normalized spacial score (nSPS) is 16.2. The van der Waals surface area contributed by atoms with Crippen LogP contribution < -0.4 is 0 Å². The van der Waals surface area contributed by atoms with Crippen LogP contribution in [0.2, 0.25) is 0 Å². The third-order valence-electron chi connectivity index (χ3n) is 5.51. The predicted octanol–water partition coefficient (Wildman–Crippen LogP) is 7.07. The van der Waals surface area contributed by atoms with E-state index in [9.17, 15) is 4.79 Å². The van der Waals surface area contributed by atoms with Gasteiger partial charge in [0.1, 0.15) is 17.1 Å². The monoisotopic (exact) mass is 536 g/mol. The van der Waals surface area contributed by atoms with Crippen LogP contribution in [0.15, 0.2) is 9.85 Å². The number of ether oxygens (including phenoxy) is 1. The summed E-state index contributed by atoms with van der Waals surface area (Å²) in [6.45, 7) is 20.0. The van der Waals surface area contributed by atoms with E-state index in [1.807, 2.05) is 20.8 Å². The van der Waals surface area contributed by atoms with Gasteiger partial charge in [-0.15, -0.1) is 11.3 Å². The molecule has 1 saturated heterocycles. The molecule has 33 heavy (non-hydrogen) atoms. The molecule has 3 heterocycles. The Hall–Kier alpha value is -1.54. The van der Waals surface area contributed by atoms with Gasteiger partial charge in [-0.1, -0.05) is 41.5 Å². The van der Waals surface area contributed by atoms with Crippen LogP contribution in [0.3, 0.4) is 0 Å². The number of amides is 1. The molecule has 1 amide bonds. The number of likely N-dealkylation sites (tertiary alicyclic amines) is 1. The van der Waals surface area contributed by atoms with Crippen LogP contribution in [-0.2, 0) is 15.6 Å². The molecular weight excluding hydrogens is 500 g/mol. The van der Waals surface area contributed by atoms with E-state index in [4.69, 9.17) is 19.7 Å². The molecule has 6 nitrogen and oxygen atoms in total. The standard InChI is InChI=1S/C25H37BrN4O2S/c1-23(2,3)17-14-16(27-21(28-17)24(4,5)6)18-19(26)33-20(29-18)15-10-12-30(13-11-15)22(31)32-25(7,8)9/h14-15H,10-13H2,1-9H3. The molecule has 2 aromatic heterocycles. The van der Waals surface area contributed by atoms with Crippen LogP contribution in [-0.4, -0.2) is 44.6 Å². The van der Waals surface area contributed by atoms with Crippen molar-refractivity contribution in [1.82, 2.24) is 19.9 Å². The Kier molecular flexibility index (Phi) is 7.31. The number of carbonyl (C=O) groups is 1. The molecule has 8 heteroatoms. The topological polar surface area (TPSA) is 68.2 Å². The first-order chi connectivity index (χ1) is 15.0. The molecule has 0 N–H and O–H groups in total. The van der Waals surface area contributed by atoms with Crippen molar-refractivity contribution in [3.63, 3.8) is 0 Å². The minimum absolute atomic E-state index is 0.0858. The van der Waals surface area contributed by atoms with Gasteiger partial charge in [-0.25, -0.2) is 19.7 Å². The zero-order valence-electron chi connectivity index (χ0n) is 21.4. The van der Waals surface area contributed by atoms with Crippen molar-refractivity contribution < 1.29 is 9.53 Å². The number of aromatic nitrogens is 3. The summed E-state index contributed by atoms with van der Waals surface area (Å²) >= 11 is 5.42. The molecule has 3 rings (SSSR count). The van der Waals surface area contributed by atoms with Crippen LogP contribution in [0.5, 0.6) is 0 Å². The van der Waals surface area contributed by atoms with Gasteiger partial charge < -0.3 is 9.64 Å². The zero-order valence-corrected chi connectivity index (χ0v) is 23.8. The van der Waals surface area contributed by atoms with Gasteiger partial charge in [-0.05, 0) is 55.6 Å². The van der Waals surface area contributed by atoms with E-state index in [0.717, 1.165) is 44.5 Å². The molecule has 182 valence electrons. The van der Waals surface area contributed by atoms with Gasteiger partial charge in [0.25, 0.3) is 0 Å². The van der Waals surface area contributed by atoms with Crippen molar-refractivity contribution in [2.24, 2.45) is 0 Å². The number of thiazole rings is 1. The van der Waals surface area contributed by atoms with Crippen molar-refractivity contribution in [2.75, 3.05) is 13.1 Å². The molecule has 0 unspecified atom stereocenters. The second-order valence-electron chi connectivity index (χ2n) is 11.9. The number of nitrogens with zero attached hydrogens (tertiary/aromatic N) is 4. The summed E-state index contributed by atoms with van der Waals surface area (Å²) in [7, 11) is 0. The third-order valence-corrected chi connectivity index (χ3v) is 7.37. The molecule has 1 aliphatic heterocycles. The lowest BCUT2D eigenvalue weighted by Crippen LogP contribution is -2.41. The minimum Gasteiger partial charge on any atom is -0.444 e. The van der Waals surface area contributed by atoms with Crippen LogP contribution in [0.25, 0.3) is 11.4 Å². The highest BCUT2D eigenvalue weighted by atomic mass is 79.9. The van der Waals surface area contributed by atoms with E-state index in [2.05, 4.69) is 63.5 Å². The van der Waals surface area contributed by atoms with E-state index in [1.165, 1.54) is 0 Å². The molecular formula is C25H37BrN4O2S. The van der Waals surface area contributed by atoms with Crippen molar-refractivity contribution in [3.05, 3.63) is 26.4 Å². The fourth-order valence-corrected chi connectivity index (χ4v) is 5.33. The number of carbonyl (C=O) groups excluding carboxylic acids is 1. The Bertz CT molecular complexity index is 975. The SMILES string of the molecule is CC(C)(C)OC(=O)N1CCC(c2nc(-c3cc(C(C)(C)C)nc(C(C)(C)C)n3)c(Br)s2)CC1. The highest BCUT2D eigenvalue weighted by Crippen LogP contribution is 2.40. The smallest absolute Gasteiger partial charge is 0.410 e. The Labute approximate surface area is 210 Å². The first kappa shape index (κ1) is 26.1. The van der Waals surface area contributed by atoms with E-state index < -0.39 is 5.60 Å². The van der Waals surface area contributed by atoms with Gasteiger partial charge in [0.15, 0.2) is 0 Å². The van der Waals surface area contributed by atoms with Gasteiger partial charge in [0, 0.05) is 29.8 Å². The van der Waals surface area contributed by atoms with Crippen molar-refractivity contribution in [1.29, 1.82) is 0 Å². The first-order valence-electron chi connectivity index (χ1n) is 11.6. The highest BCUT2D eigenvalue weighted by Gasteiger charge is 2.30. The summed E-state index contributed by atoms with van der Waals surface area (Å²) in [4.78, 5) is 29.0. The maximum atomic E-state index is 12.4. The predicted molar refractivity (Wildman–Crippen MR) is 138 cm³/mol. The Morgan fingerprint density at radius 3 is 2.12 bits per heavy atom. The van der Waals surface area contributed by atoms with E-state index >= 15 is 0 Å². The van der Waals surface area contributed by atoms with Gasteiger partial charge in [-0.3, -0.25) is 0 Å². The van der Waals surface area contributed by atoms with Gasteiger partial charge in [0.05, 0.1) is 20.2 Å². The molecule has 0 radical (unpaired) electrons. The Morgan fingerprint density at radius 2 is 1.61 bits per heavy atom. The molecule has 0 aliphatic carbocycles. The van der Waals surface area contributed by atoms with Crippen molar-refractivity contribution in [3.8, 4) is 11.4 Å². The number of halogens is 1. The quantitative estimate of drug-likeness (QED) is 0.410. The molecule has 2 aromatic rings. The lowest BCUT2D eigenvalue weighted by atomic mass is 9.89. The average molecular weight is 538 g/mol. The summed E-state index contributed by atoms with van der Waals surface area (Å²) in [5.74, 6) is 1.15. The molecule has 0 aromatic carbocycles. The second kappa shape index (κ2) is 9.25. The summed E-state index contributed by atoms with van der Waals surface area (Å²) in [5.41, 5.74) is 2.04. The van der Waals surface area contributed by atoms with E-state index in [1.54, 1.807) is 16.2 Å². The van der Waals surface area contributed by atoms with Gasteiger partial charge >= 0.3 is 6.09 Å². The molecule has 1 fully saturated rings. The molecule has 1 aliphatic rings. The van der Waals surface area contributed by atoms with Gasteiger partial charge in [-0.2, -0.15) is 0 Å². The number of hydrogen-bond acceptors (Lipinski definition) is 6. The summed E-state index contributed by atoms with van der Waals surface area (Å²) in [6, 6.07) is 2.07. The molecule has 0 saturated carbocycles. The minimum atomic E-state index is -0.474. The first-order valence-corrected chi connectivity index (χ1v) is 13.2. The van der Waals surface area contributed by atoms with E-state index in [0.29, 0.717) is 19.0 Å². The van der Waals surface area contributed by atoms with Gasteiger partial charge in [0.2, 0.25) is 0 Å². The lowest BCUT2D eigenvalue weighted by Gasteiger charge is -2.32. The second-order valence-corrected chi connectivity index (χ2v) is 14.2. The average Bonchev–Trinajstić information content (AvgIpc) is 3.07. The Balaban J connectivity index is 1.84. The summed E-state index contributed by atoms with van der Waals surface area (Å²) < 4.78 is 6.52. The fraction of sp³-hybridized carbons (Fsp3) is 0.680. The largest absolute Gasteiger partial charge is 0.444 e. The number of piperidine rings is 1. The van der Waals surface area contributed by atoms with Crippen molar-refractivity contribution >= 4 is 33.4 Å². The Morgan fingerprint density at radius 1 is 1.00 bits per heavy atom. The van der Waals surface area contributed by atoms with Crippen molar-refractivity contribution in [2.45, 2.75) is 97.5 Å². The fourth-order valence-electron chi connectivity index (χ4n) is 3.57. The maximum Gasteiger partial charge on any atom is 0.410 e. The lowest BCUT2D eigenvalue weighted by molar-refractivity contribution is 0.0205. The third kappa shape index (κ3) is 6.53. The molecule has 0 spiro atoms. The van der Waals surface area contributed by atoms with Crippen LogP contribution in [0, 0.1) is 0 Å². The highest BCUT2D eigenvalue weighted by molar-refractivity contribution is 9.11. The number of rotatable bonds is 2. The maximum absolute atomic E-state index is 12.4. The van der Waals surface area contributed by atoms with Crippen LogP contribution in [0.4, 0.5) is 4.79 Å². The van der Waals surface area contributed by atoms with E-state index in [-0.39, 0.29) is 16.9 Å². The van der Waals surface area contributed by atoms with Crippen LogP contribution >= 0.6 is 27.3 Å². The van der Waals surface area contributed by atoms with Crippen LogP contribution in [0.1, 0.15) is 97.6 Å². The zero-order chi connectivity index (χ0) is 24.8. The molecule has 0 atom stereocenters. The summed E-state index contributed by atoms with van der Waals surface area (Å²) in [6.07, 6.45) is 1.53.